The van der Waals surface area contributed by atoms with E-state index in [9.17, 15) is 18.9 Å². The normalized spacial score (nSPS) is 21.1. The van der Waals surface area contributed by atoms with Crippen LogP contribution in [0.15, 0.2) is 66.0 Å². The molecule has 2 heterocycles. The molecule has 3 aromatic rings. The molecule has 0 saturated heterocycles. The maximum atomic E-state index is 13.6. The predicted octanol–water partition coefficient (Wildman–Crippen LogP) is 6.02. The Kier molecular flexibility index (Phi) is 6.53. The zero-order chi connectivity index (χ0) is 25.3. The molecule has 2 aliphatic rings. The number of anilines is 2. The molecule has 0 bridgehead atoms. The highest BCUT2D eigenvalue weighted by Gasteiger charge is 2.46. The Balaban J connectivity index is 1.36. The highest BCUT2D eigenvalue weighted by Crippen LogP contribution is 2.49. The molecular weight excluding hydrogens is 483 g/mol. The number of nitroso groups, excluding NO2 is 1. The van der Waals surface area contributed by atoms with Crippen LogP contribution in [0.3, 0.4) is 0 Å². The van der Waals surface area contributed by atoms with Gasteiger partial charge in [0.05, 0.1) is 22.2 Å². The molecule has 7 nitrogen and oxygen atoms in total. The summed E-state index contributed by atoms with van der Waals surface area (Å²) in [4.78, 5) is 43.6. The van der Waals surface area contributed by atoms with Crippen molar-refractivity contribution in [3.05, 3.63) is 93.2 Å². The summed E-state index contributed by atoms with van der Waals surface area (Å²) < 4.78 is 13.5. The maximum Gasteiger partial charge on any atom is 0.259 e. The molecule has 9 heteroatoms. The Labute approximate surface area is 212 Å². The maximum absolute atomic E-state index is 13.6. The van der Waals surface area contributed by atoms with Gasteiger partial charge in [-0.15, -0.1) is 0 Å². The molecular formula is C27H24ClFN4O3. The van der Waals surface area contributed by atoms with Crippen molar-refractivity contribution in [2.75, 3.05) is 16.8 Å². The van der Waals surface area contributed by atoms with E-state index in [1.165, 1.54) is 24.4 Å². The van der Waals surface area contributed by atoms with Gasteiger partial charge in [0.2, 0.25) is 0 Å². The number of carbonyl (C=O) groups excluding carboxylic acids is 2. The number of fused-ring (bicyclic) bond motifs is 1. The minimum Gasteiger partial charge on any atom is -0.308 e. The largest absolute Gasteiger partial charge is 0.308 e. The van der Waals surface area contributed by atoms with E-state index in [1.807, 2.05) is 24.3 Å². The molecule has 5 rings (SSSR count). The molecule has 36 heavy (non-hydrogen) atoms. The van der Waals surface area contributed by atoms with Crippen molar-refractivity contribution in [2.24, 2.45) is 10.6 Å². The quantitative estimate of drug-likeness (QED) is 0.438. The van der Waals surface area contributed by atoms with Gasteiger partial charge in [-0.2, -0.15) is 4.91 Å². The van der Waals surface area contributed by atoms with Crippen LogP contribution < -0.4 is 10.2 Å². The third-order valence-corrected chi connectivity index (χ3v) is 7.64. The molecule has 184 valence electrons. The van der Waals surface area contributed by atoms with Gasteiger partial charge in [0, 0.05) is 23.8 Å². The number of aromatic nitrogens is 1. The second-order valence-corrected chi connectivity index (χ2v) is 9.81. The number of nitrogens with one attached hydrogen (secondary N) is 1. The number of hydrogen-bond donors (Lipinski definition) is 1. The van der Waals surface area contributed by atoms with Gasteiger partial charge in [-0.1, -0.05) is 41.4 Å². The summed E-state index contributed by atoms with van der Waals surface area (Å²) in [6.45, 7) is 0.471. The number of hydrogen-bond acceptors (Lipinski definition) is 5. The van der Waals surface area contributed by atoms with Crippen LogP contribution in [-0.4, -0.2) is 29.4 Å². The summed E-state index contributed by atoms with van der Waals surface area (Å²) in [6.07, 6.45) is 5.49. The van der Waals surface area contributed by atoms with E-state index in [0.29, 0.717) is 18.5 Å². The molecule has 1 fully saturated rings. The molecule has 2 amide bonds. The predicted molar refractivity (Wildman–Crippen MR) is 136 cm³/mol. The minimum atomic E-state index is -0.604. The van der Waals surface area contributed by atoms with Crippen LogP contribution in [0, 0.1) is 16.1 Å². The summed E-state index contributed by atoms with van der Waals surface area (Å²) in [6, 6.07) is 14.2. The highest BCUT2D eigenvalue weighted by atomic mass is 35.5. The Hall–Kier alpha value is -3.65. The van der Waals surface area contributed by atoms with Crippen LogP contribution in [0.4, 0.5) is 15.9 Å². The standard InChI is InChI=1S/C27H24ClFN4O3/c28-21-9-8-19(29)14-20(21)25(34)31-24-10-7-18(16-30-24)26(35)33-13-12-27(11-3-6-23(27)32-36)15-17-4-1-2-5-22(17)33/h1-2,4-5,7-10,14,16,23H,3,6,11-13,15H2,(H,30,31,34). The number of para-hydroxylation sites is 1. The lowest BCUT2D eigenvalue weighted by molar-refractivity contribution is 0.0982. The first kappa shape index (κ1) is 24.1. The molecule has 2 atom stereocenters. The summed E-state index contributed by atoms with van der Waals surface area (Å²) in [5, 5.41) is 6.14. The van der Waals surface area contributed by atoms with Gasteiger partial charge in [0.1, 0.15) is 11.6 Å². The summed E-state index contributed by atoms with van der Waals surface area (Å²) in [5.74, 6) is -1.19. The van der Waals surface area contributed by atoms with Crippen LogP contribution in [0.25, 0.3) is 0 Å². The van der Waals surface area contributed by atoms with Crippen LogP contribution in [0.5, 0.6) is 0 Å². The first-order chi connectivity index (χ1) is 17.4. The highest BCUT2D eigenvalue weighted by molar-refractivity contribution is 6.34. The molecule has 1 aliphatic heterocycles. The van der Waals surface area contributed by atoms with Gasteiger partial charge >= 0.3 is 0 Å². The fraction of sp³-hybridized carbons (Fsp3) is 0.296. The van der Waals surface area contributed by atoms with Crippen molar-refractivity contribution in [2.45, 2.75) is 38.1 Å². The Bertz CT molecular complexity index is 1330. The van der Waals surface area contributed by atoms with Crippen molar-refractivity contribution in [1.82, 2.24) is 4.98 Å². The first-order valence-corrected chi connectivity index (χ1v) is 12.2. The fourth-order valence-corrected chi connectivity index (χ4v) is 5.65. The molecule has 1 aromatic heterocycles. The smallest absolute Gasteiger partial charge is 0.259 e. The van der Waals surface area contributed by atoms with Crippen molar-refractivity contribution < 1.29 is 14.0 Å². The topological polar surface area (TPSA) is 91.7 Å². The van der Waals surface area contributed by atoms with E-state index in [1.54, 1.807) is 11.0 Å². The minimum absolute atomic E-state index is 0.0104. The zero-order valence-corrected chi connectivity index (χ0v) is 20.2. The van der Waals surface area contributed by atoms with Crippen molar-refractivity contribution in [3.63, 3.8) is 0 Å². The van der Waals surface area contributed by atoms with Crippen LogP contribution in [-0.2, 0) is 6.42 Å². The third kappa shape index (κ3) is 4.48. The van der Waals surface area contributed by atoms with Crippen LogP contribution >= 0.6 is 11.6 Å². The van der Waals surface area contributed by atoms with Gasteiger partial charge in [-0.05, 0) is 67.6 Å². The van der Waals surface area contributed by atoms with Crippen molar-refractivity contribution >= 4 is 34.9 Å². The number of carbonyl (C=O) groups is 2. The summed E-state index contributed by atoms with van der Waals surface area (Å²) >= 11 is 6.01. The van der Waals surface area contributed by atoms with E-state index in [0.717, 1.165) is 43.0 Å². The lowest BCUT2D eigenvalue weighted by atomic mass is 9.75. The lowest BCUT2D eigenvalue weighted by Crippen LogP contribution is -2.36. The van der Waals surface area contributed by atoms with Crippen molar-refractivity contribution in [3.8, 4) is 0 Å². The number of rotatable bonds is 4. The van der Waals surface area contributed by atoms with Crippen molar-refractivity contribution in [1.29, 1.82) is 0 Å². The van der Waals surface area contributed by atoms with E-state index in [4.69, 9.17) is 11.6 Å². The Morgan fingerprint density at radius 2 is 1.97 bits per heavy atom. The number of amides is 2. The number of benzene rings is 2. The fourth-order valence-electron chi connectivity index (χ4n) is 5.45. The molecule has 2 unspecified atom stereocenters. The summed E-state index contributed by atoms with van der Waals surface area (Å²) in [5.41, 5.74) is 1.98. The first-order valence-electron chi connectivity index (χ1n) is 11.8. The molecule has 2 aromatic carbocycles. The molecule has 0 radical (unpaired) electrons. The second kappa shape index (κ2) is 9.78. The Morgan fingerprint density at radius 1 is 1.14 bits per heavy atom. The lowest BCUT2D eigenvalue weighted by Gasteiger charge is -2.30. The van der Waals surface area contributed by atoms with E-state index in [-0.39, 0.29) is 33.8 Å². The molecule has 1 N–H and O–H groups in total. The van der Waals surface area contributed by atoms with Gasteiger partial charge in [-0.25, -0.2) is 9.37 Å². The third-order valence-electron chi connectivity index (χ3n) is 7.31. The van der Waals surface area contributed by atoms with Gasteiger partial charge in [0.15, 0.2) is 0 Å². The zero-order valence-electron chi connectivity index (χ0n) is 19.4. The van der Waals surface area contributed by atoms with E-state index < -0.39 is 11.7 Å². The van der Waals surface area contributed by atoms with Crippen LogP contribution in [0.1, 0.15) is 52.0 Å². The Morgan fingerprint density at radius 3 is 2.75 bits per heavy atom. The average Bonchev–Trinajstić information content (AvgIpc) is 3.20. The molecule has 1 spiro atoms. The molecule has 1 aliphatic carbocycles. The van der Waals surface area contributed by atoms with Crippen LogP contribution in [0.2, 0.25) is 5.02 Å². The number of halogens is 2. The molecule has 1 saturated carbocycles. The monoisotopic (exact) mass is 506 g/mol. The average molecular weight is 507 g/mol. The SMILES string of the molecule is O=NC1CCCC12CCN(C(=O)c1ccc(NC(=O)c3cc(F)ccc3Cl)nc1)c1ccccc1C2. The summed E-state index contributed by atoms with van der Waals surface area (Å²) in [7, 11) is 0. The second-order valence-electron chi connectivity index (χ2n) is 9.40. The van der Waals surface area contributed by atoms with E-state index in [2.05, 4.69) is 15.5 Å². The van der Waals surface area contributed by atoms with Gasteiger partial charge in [-0.3, -0.25) is 9.59 Å². The number of pyridine rings is 1. The van der Waals surface area contributed by atoms with E-state index >= 15 is 0 Å². The number of nitrogens with zero attached hydrogens (tertiary/aromatic N) is 3. The van der Waals surface area contributed by atoms with Gasteiger partial charge in [0.25, 0.3) is 11.8 Å². The van der Waals surface area contributed by atoms with Gasteiger partial charge < -0.3 is 10.2 Å².